The third kappa shape index (κ3) is 5.48. The number of ether oxygens (including phenoxy) is 1. The Morgan fingerprint density at radius 2 is 1.67 bits per heavy atom. The molecule has 0 aliphatic carbocycles. The fraction of sp³-hybridized carbons (Fsp3) is 0.160. The molecule has 11 heteroatoms. The van der Waals surface area contributed by atoms with Crippen molar-refractivity contribution in [3.8, 4) is 5.75 Å². The number of Topliss-reactive ketones (excluding diaryl/α,β-unsaturated/α-hetero) is 1. The molecule has 0 spiro atoms. The molecule has 184 valence electrons. The van der Waals surface area contributed by atoms with Gasteiger partial charge in [-0.3, -0.25) is 19.2 Å². The third-order valence-electron chi connectivity index (χ3n) is 5.29. The fourth-order valence-electron chi connectivity index (χ4n) is 3.53. The molecule has 3 amide bonds. The number of ketones is 1. The second-order valence-electron chi connectivity index (χ2n) is 7.75. The molecule has 0 radical (unpaired) electrons. The van der Waals surface area contributed by atoms with Crippen molar-refractivity contribution in [2.45, 2.75) is 19.3 Å². The van der Waals surface area contributed by atoms with Crippen LogP contribution in [0.4, 0.5) is 0 Å². The van der Waals surface area contributed by atoms with Gasteiger partial charge in [-0.25, -0.2) is 9.80 Å². The highest BCUT2D eigenvalue weighted by molar-refractivity contribution is 6.36. The van der Waals surface area contributed by atoms with Crippen LogP contribution in [0.3, 0.4) is 0 Å². The van der Waals surface area contributed by atoms with Crippen LogP contribution >= 0.6 is 23.2 Å². The molecule has 9 nitrogen and oxygen atoms in total. The molecule has 0 saturated carbocycles. The first-order valence-corrected chi connectivity index (χ1v) is 11.5. The van der Waals surface area contributed by atoms with Gasteiger partial charge in [0.05, 0.1) is 16.8 Å². The number of halogens is 2. The number of furan rings is 1. The minimum absolute atomic E-state index is 0.00424. The molecule has 1 aliphatic rings. The summed E-state index contributed by atoms with van der Waals surface area (Å²) in [5, 5.41) is 1.79. The summed E-state index contributed by atoms with van der Waals surface area (Å²) in [5.74, 6) is -3.11. The first-order chi connectivity index (χ1) is 17.2. The van der Waals surface area contributed by atoms with Gasteiger partial charge in [-0.15, -0.1) is 0 Å². The molecule has 1 aromatic heterocycles. The van der Waals surface area contributed by atoms with E-state index >= 15 is 0 Å². The van der Waals surface area contributed by atoms with Crippen LogP contribution in [0.25, 0.3) is 0 Å². The van der Waals surface area contributed by atoms with Gasteiger partial charge in [0.2, 0.25) is 17.6 Å². The summed E-state index contributed by atoms with van der Waals surface area (Å²) >= 11 is 12.1. The molecular formula is C25H18Cl2N2O7. The molecule has 2 aromatic carbocycles. The van der Waals surface area contributed by atoms with Gasteiger partial charge in [0.1, 0.15) is 12.3 Å². The summed E-state index contributed by atoms with van der Waals surface area (Å²) in [6, 6.07) is 12.7. The van der Waals surface area contributed by atoms with Crippen molar-refractivity contribution in [2.75, 3.05) is 6.54 Å². The average Bonchev–Trinajstić information content (AvgIpc) is 3.38. The quantitative estimate of drug-likeness (QED) is 0.190. The monoisotopic (exact) mass is 528 g/mol. The highest BCUT2D eigenvalue weighted by Gasteiger charge is 2.36. The minimum atomic E-state index is -0.808. The molecular weight excluding hydrogens is 511 g/mol. The second-order valence-corrected chi connectivity index (χ2v) is 8.60. The molecule has 0 N–H and O–H groups in total. The molecule has 0 bridgehead atoms. The number of carbonyl (C=O) groups is 5. The first-order valence-electron chi connectivity index (χ1n) is 10.8. The fourth-order valence-corrected chi connectivity index (χ4v) is 4.02. The van der Waals surface area contributed by atoms with E-state index in [-0.39, 0.29) is 45.5 Å². The molecule has 0 atom stereocenters. The van der Waals surface area contributed by atoms with Gasteiger partial charge >= 0.3 is 5.97 Å². The highest BCUT2D eigenvalue weighted by atomic mass is 35.5. The van der Waals surface area contributed by atoms with Gasteiger partial charge in [-0.2, -0.15) is 5.01 Å². The maximum atomic E-state index is 13.4. The predicted octanol–water partition coefficient (Wildman–Crippen LogP) is 4.58. The van der Waals surface area contributed by atoms with E-state index in [9.17, 15) is 24.0 Å². The Kier molecular flexibility index (Phi) is 7.52. The number of esters is 1. The van der Waals surface area contributed by atoms with E-state index in [1.807, 2.05) is 0 Å². The summed E-state index contributed by atoms with van der Waals surface area (Å²) in [7, 11) is 0. The van der Waals surface area contributed by atoms with Crippen molar-refractivity contribution in [1.29, 1.82) is 0 Å². The van der Waals surface area contributed by atoms with Crippen molar-refractivity contribution in [2.24, 2.45) is 0 Å². The number of hydrogen-bond donors (Lipinski definition) is 0. The van der Waals surface area contributed by atoms with Crippen molar-refractivity contribution in [3.63, 3.8) is 0 Å². The van der Waals surface area contributed by atoms with E-state index in [0.717, 1.165) is 5.01 Å². The molecule has 0 unspecified atom stereocenters. The molecule has 1 fully saturated rings. The van der Waals surface area contributed by atoms with E-state index in [0.29, 0.717) is 11.4 Å². The largest absolute Gasteiger partial charge is 0.457 e. The third-order valence-corrected chi connectivity index (χ3v) is 5.84. The van der Waals surface area contributed by atoms with Crippen LogP contribution < -0.4 is 4.74 Å². The number of carbonyl (C=O) groups excluding carboxylic acids is 5. The van der Waals surface area contributed by atoms with Gasteiger partial charge in [-0.05, 0) is 61.0 Å². The number of piperidine rings is 1. The highest BCUT2D eigenvalue weighted by Crippen LogP contribution is 2.25. The Bertz CT molecular complexity index is 1320. The molecule has 4 rings (SSSR count). The Labute approximate surface area is 215 Å². The van der Waals surface area contributed by atoms with E-state index in [2.05, 4.69) is 0 Å². The van der Waals surface area contributed by atoms with E-state index in [4.69, 9.17) is 32.4 Å². The molecule has 1 saturated heterocycles. The summed E-state index contributed by atoms with van der Waals surface area (Å²) < 4.78 is 10.2. The number of benzene rings is 2. The van der Waals surface area contributed by atoms with Crippen molar-refractivity contribution in [1.82, 2.24) is 10.0 Å². The van der Waals surface area contributed by atoms with Crippen LogP contribution in [0.5, 0.6) is 5.75 Å². The van der Waals surface area contributed by atoms with Crippen LogP contribution in [-0.4, -0.2) is 46.0 Å². The topological polar surface area (TPSA) is 114 Å². The van der Waals surface area contributed by atoms with E-state index in [1.54, 1.807) is 6.07 Å². The van der Waals surface area contributed by atoms with Crippen LogP contribution in [-0.2, 0) is 9.59 Å². The summed E-state index contributed by atoms with van der Waals surface area (Å²) in [6.07, 6.45) is 1.78. The van der Waals surface area contributed by atoms with Crippen molar-refractivity contribution < 1.29 is 33.1 Å². The number of nitrogens with zero attached hydrogens (tertiary/aromatic N) is 2. The number of hydrogen-bond acceptors (Lipinski definition) is 7. The summed E-state index contributed by atoms with van der Waals surface area (Å²) in [4.78, 5) is 63.6. The molecule has 36 heavy (non-hydrogen) atoms. The van der Waals surface area contributed by atoms with Crippen LogP contribution in [0, 0.1) is 0 Å². The standard InChI is InChI=1S/C25H18Cl2N2O7/c26-16-8-11-18(19(27)13-16)24(33)28(29-22(31)4-1-5-23(29)32)14-20(30)15-6-9-17(10-7-15)36-25(34)21-3-2-12-35-21/h2-3,6-13H,1,4-5,14H2. The maximum Gasteiger partial charge on any atom is 0.379 e. The summed E-state index contributed by atoms with van der Waals surface area (Å²) in [6.45, 7) is -0.610. The lowest BCUT2D eigenvalue weighted by molar-refractivity contribution is -0.162. The van der Waals surface area contributed by atoms with Gasteiger partial charge in [0, 0.05) is 23.4 Å². The van der Waals surface area contributed by atoms with Gasteiger partial charge in [0.25, 0.3) is 5.91 Å². The summed E-state index contributed by atoms with van der Waals surface area (Å²) in [5.41, 5.74) is 0.130. The lowest BCUT2D eigenvalue weighted by Crippen LogP contribution is -2.56. The molecule has 2 heterocycles. The smallest absolute Gasteiger partial charge is 0.379 e. The van der Waals surface area contributed by atoms with Crippen LogP contribution in [0.15, 0.2) is 65.3 Å². The Balaban J connectivity index is 1.56. The van der Waals surface area contributed by atoms with E-state index in [1.165, 1.54) is 54.8 Å². The zero-order valence-corrected chi connectivity index (χ0v) is 20.1. The second kappa shape index (κ2) is 10.8. The zero-order valence-electron chi connectivity index (χ0n) is 18.6. The Morgan fingerprint density at radius 1 is 0.972 bits per heavy atom. The molecule has 1 aliphatic heterocycles. The number of rotatable bonds is 7. The lowest BCUT2D eigenvalue weighted by atomic mass is 10.1. The number of amides is 3. The Morgan fingerprint density at radius 3 is 2.28 bits per heavy atom. The van der Waals surface area contributed by atoms with Gasteiger partial charge in [0.15, 0.2) is 5.78 Å². The number of imide groups is 1. The van der Waals surface area contributed by atoms with Crippen molar-refractivity contribution in [3.05, 3.63) is 87.8 Å². The van der Waals surface area contributed by atoms with Gasteiger partial charge in [-0.1, -0.05) is 23.2 Å². The van der Waals surface area contributed by atoms with Gasteiger partial charge < -0.3 is 9.15 Å². The normalized spacial score (nSPS) is 13.4. The van der Waals surface area contributed by atoms with Crippen LogP contribution in [0.2, 0.25) is 10.0 Å². The predicted molar refractivity (Wildman–Crippen MR) is 128 cm³/mol. The molecule has 3 aromatic rings. The average molecular weight is 529 g/mol. The Hall–Kier alpha value is -3.95. The lowest BCUT2D eigenvalue weighted by Gasteiger charge is -2.35. The van der Waals surface area contributed by atoms with E-state index < -0.39 is 36.0 Å². The first kappa shape index (κ1) is 25.2. The zero-order chi connectivity index (χ0) is 25.8. The minimum Gasteiger partial charge on any atom is -0.457 e. The maximum absolute atomic E-state index is 13.4. The van der Waals surface area contributed by atoms with Crippen LogP contribution in [0.1, 0.15) is 50.5 Å². The SMILES string of the molecule is O=C(CN(C(=O)c1ccc(Cl)cc1Cl)N1C(=O)CCCC1=O)c1ccc(OC(=O)c2ccco2)cc1. The van der Waals surface area contributed by atoms with Crippen molar-refractivity contribution >= 4 is 52.7 Å². The number of hydrazine groups is 1.